The first-order chi connectivity index (χ1) is 7.18. The number of ketones is 1. The van der Waals surface area contributed by atoms with Crippen LogP contribution >= 0.6 is 0 Å². The molecule has 0 amide bonds. The molecular formula is C12H12N2O. The van der Waals surface area contributed by atoms with Crippen molar-refractivity contribution in [2.24, 2.45) is 0 Å². The lowest BCUT2D eigenvalue weighted by molar-refractivity contribution is 0.101. The molecule has 0 unspecified atom stereocenters. The van der Waals surface area contributed by atoms with E-state index < -0.39 is 0 Å². The lowest BCUT2D eigenvalue weighted by Crippen LogP contribution is -1.98. The second kappa shape index (κ2) is 3.69. The highest BCUT2D eigenvalue weighted by molar-refractivity contribution is 5.94. The summed E-state index contributed by atoms with van der Waals surface area (Å²) in [7, 11) is 0. The summed E-state index contributed by atoms with van der Waals surface area (Å²) in [5.74, 6) is 0.991. The first-order valence-corrected chi connectivity index (χ1v) is 4.80. The fourth-order valence-corrected chi connectivity index (χ4v) is 1.53. The van der Waals surface area contributed by atoms with Gasteiger partial charge in [-0.3, -0.25) is 4.79 Å². The summed E-state index contributed by atoms with van der Waals surface area (Å²) in [5, 5.41) is 0. The molecule has 2 rings (SSSR count). The van der Waals surface area contributed by atoms with E-state index in [0.717, 1.165) is 17.1 Å². The average Bonchev–Trinajstić information content (AvgIpc) is 2.64. The normalized spacial score (nSPS) is 10.3. The molecular weight excluding hydrogens is 188 g/mol. The van der Waals surface area contributed by atoms with Gasteiger partial charge < -0.3 is 4.57 Å². The molecule has 76 valence electrons. The number of rotatable bonds is 2. The summed E-state index contributed by atoms with van der Waals surface area (Å²) in [6.07, 6.45) is 3.63. The molecule has 3 heteroatoms. The summed E-state index contributed by atoms with van der Waals surface area (Å²) >= 11 is 0. The zero-order chi connectivity index (χ0) is 10.8. The van der Waals surface area contributed by atoms with Gasteiger partial charge >= 0.3 is 0 Å². The molecule has 1 aromatic carbocycles. The Morgan fingerprint density at radius 2 is 2.20 bits per heavy atom. The molecule has 1 aromatic heterocycles. The monoisotopic (exact) mass is 200 g/mol. The van der Waals surface area contributed by atoms with E-state index in [1.165, 1.54) is 0 Å². The molecule has 1 heterocycles. The van der Waals surface area contributed by atoms with E-state index in [9.17, 15) is 4.79 Å². The first kappa shape index (κ1) is 9.65. The number of nitrogens with zero attached hydrogens (tertiary/aromatic N) is 2. The quantitative estimate of drug-likeness (QED) is 0.697. The van der Waals surface area contributed by atoms with E-state index in [1.54, 1.807) is 13.1 Å². The number of Topliss-reactive ketones (excluding diaryl/α,β-unsaturated/α-hetero) is 1. The molecule has 0 aliphatic rings. The standard InChI is InChI=1S/C12H12N2O/c1-9(15)11-4-3-5-12(8-11)14-7-6-13-10(14)2/h3-8H,1-2H3. The molecule has 0 aliphatic carbocycles. The number of hydrogen-bond acceptors (Lipinski definition) is 2. The van der Waals surface area contributed by atoms with Crippen molar-refractivity contribution >= 4 is 5.78 Å². The van der Waals surface area contributed by atoms with E-state index in [2.05, 4.69) is 4.98 Å². The Balaban J connectivity index is 2.50. The number of aromatic nitrogens is 2. The highest BCUT2D eigenvalue weighted by atomic mass is 16.1. The Labute approximate surface area is 88.4 Å². The Morgan fingerprint density at radius 1 is 1.40 bits per heavy atom. The molecule has 15 heavy (non-hydrogen) atoms. The van der Waals surface area contributed by atoms with Crippen LogP contribution in [0.4, 0.5) is 0 Å². The lowest BCUT2D eigenvalue weighted by atomic mass is 10.1. The van der Waals surface area contributed by atoms with Crippen molar-refractivity contribution in [2.75, 3.05) is 0 Å². The van der Waals surface area contributed by atoms with Crippen molar-refractivity contribution < 1.29 is 4.79 Å². The molecule has 0 N–H and O–H groups in total. The van der Waals surface area contributed by atoms with Crippen LogP contribution in [0, 0.1) is 6.92 Å². The smallest absolute Gasteiger partial charge is 0.159 e. The van der Waals surface area contributed by atoms with Crippen LogP contribution in [0.3, 0.4) is 0 Å². The first-order valence-electron chi connectivity index (χ1n) is 4.80. The van der Waals surface area contributed by atoms with Crippen LogP contribution in [0.5, 0.6) is 0 Å². The summed E-state index contributed by atoms with van der Waals surface area (Å²) in [6, 6.07) is 7.53. The van der Waals surface area contributed by atoms with Crippen LogP contribution in [0.25, 0.3) is 5.69 Å². The number of carbonyl (C=O) groups is 1. The SMILES string of the molecule is CC(=O)c1cccc(-n2ccnc2C)c1. The van der Waals surface area contributed by atoms with Gasteiger partial charge in [0.25, 0.3) is 0 Å². The Bertz CT molecular complexity index is 500. The second-order valence-corrected chi connectivity index (χ2v) is 3.45. The maximum Gasteiger partial charge on any atom is 0.159 e. The van der Waals surface area contributed by atoms with Crippen LogP contribution < -0.4 is 0 Å². The van der Waals surface area contributed by atoms with Gasteiger partial charge in [-0.15, -0.1) is 0 Å². The van der Waals surface area contributed by atoms with E-state index >= 15 is 0 Å². The second-order valence-electron chi connectivity index (χ2n) is 3.45. The minimum Gasteiger partial charge on any atom is -0.304 e. The number of imidazole rings is 1. The molecule has 0 fully saturated rings. The highest BCUT2D eigenvalue weighted by Gasteiger charge is 2.03. The van der Waals surface area contributed by atoms with Gasteiger partial charge in [-0.05, 0) is 26.0 Å². The minimum absolute atomic E-state index is 0.0784. The number of carbonyl (C=O) groups excluding carboxylic acids is 1. The van der Waals surface area contributed by atoms with Gasteiger partial charge in [-0.2, -0.15) is 0 Å². The molecule has 0 bridgehead atoms. The van der Waals surface area contributed by atoms with Crippen molar-refractivity contribution in [2.45, 2.75) is 13.8 Å². The van der Waals surface area contributed by atoms with Gasteiger partial charge in [0, 0.05) is 23.6 Å². The third-order valence-corrected chi connectivity index (χ3v) is 2.36. The summed E-state index contributed by atoms with van der Waals surface area (Å²) in [5.41, 5.74) is 1.69. The van der Waals surface area contributed by atoms with E-state index in [1.807, 2.05) is 42.0 Å². The van der Waals surface area contributed by atoms with Crippen LogP contribution in [0.2, 0.25) is 0 Å². The van der Waals surface area contributed by atoms with Gasteiger partial charge in [-0.1, -0.05) is 12.1 Å². The number of benzene rings is 1. The van der Waals surface area contributed by atoms with Gasteiger partial charge in [0.2, 0.25) is 0 Å². The molecule has 3 nitrogen and oxygen atoms in total. The minimum atomic E-state index is 0.0784. The van der Waals surface area contributed by atoms with Gasteiger partial charge in [0.05, 0.1) is 0 Å². The Morgan fingerprint density at radius 3 is 2.80 bits per heavy atom. The fourth-order valence-electron chi connectivity index (χ4n) is 1.53. The molecule has 0 saturated heterocycles. The van der Waals surface area contributed by atoms with Crippen molar-refractivity contribution in [1.29, 1.82) is 0 Å². The molecule has 0 saturated carbocycles. The maximum absolute atomic E-state index is 11.2. The van der Waals surface area contributed by atoms with Crippen molar-refractivity contribution in [3.63, 3.8) is 0 Å². The van der Waals surface area contributed by atoms with Crippen LogP contribution in [0.1, 0.15) is 23.1 Å². The number of aryl methyl sites for hydroxylation is 1. The van der Waals surface area contributed by atoms with Crippen LogP contribution in [0.15, 0.2) is 36.7 Å². The topological polar surface area (TPSA) is 34.9 Å². The van der Waals surface area contributed by atoms with E-state index in [-0.39, 0.29) is 5.78 Å². The van der Waals surface area contributed by atoms with Crippen molar-refractivity contribution in [1.82, 2.24) is 9.55 Å². The van der Waals surface area contributed by atoms with E-state index in [4.69, 9.17) is 0 Å². The predicted octanol–water partition coefficient (Wildman–Crippen LogP) is 2.38. The fraction of sp³-hybridized carbons (Fsp3) is 0.167. The third kappa shape index (κ3) is 1.81. The Hall–Kier alpha value is -1.90. The summed E-state index contributed by atoms with van der Waals surface area (Å²) in [6.45, 7) is 3.50. The summed E-state index contributed by atoms with van der Waals surface area (Å²) in [4.78, 5) is 15.4. The summed E-state index contributed by atoms with van der Waals surface area (Å²) < 4.78 is 1.95. The van der Waals surface area contributed by atoms with Crippen molar-refractivity contribution in [3.8, 4) is 5.69 Å². The van der Waals surface area contributed by atoms with Crippen LogP contribution in [-0.2, 0) is 0 Å². The largest absolute Gasteiger partial charge is 0.304 e. The molecule has 0 aliphatic heterocycles. The van der Waals surface area contributed by atoms with Crippen LogP contribution in [-0.4, -0.2) is 15.3 Å². The average molecular weight is 200 g/mol. The lowest BCUT2D eigenvalue weighted by Gasteiger charge is -2.05. The predicted molar refractivity (Wildman–Crippen MR) is 58.3 cm³/mol. The van der Waals surface area contributed by atoms with Crippen molar-refractivity contribution in [3.05, 3.63) is 48.0 Å². The van der Waals surface area contributed by atoms with Gasteiger partial charge in [-0.25, -0.2) is 4.98 Å². The van der Waals surface area contributed by atoms with E-state index in [0.29, 0.717) is 0 Å². The highest BCUT2D eigenvalue weighted by Crippen LogP contribution is 2.12. The van der Waals surface area contributed by atoms with Gasteiger partial charge in [0.15, 0.2) is 5.78 Å². The zero-order valence-electron chi connectivity index (χ0n) is 8.77. The molecule has 2 aromatic rings. The molecule has 0 atom stereocenters. The zero-order valence-corrected chi connectivity index (χ0v) is 8.77. The number of hydrogen-bond donors (Lipinski definition) is 0. The Kier molecular flexibility index (Phi) is 2.37. The molecule has 0 spiro atoms. The third-order valence-electron chi connectivity index (χ3n) is 2.36. The van der Waals surface area contributed by atoms with Gasteiger partial charge in [0.1, 0.15) is 5.82 Å². The molecule has 0 radical (unpaired) electrons. The maximum atomic E-state index is 11.2.